The van der Waals surface area contributed by atoms with E-state index in [4.69, 9.17) is 5.11 Å². The normalized spacial score (nSPS) is 10.5. The molecule has 5 heteroatoms. The van der Waals surface area contributed by atoms with Crippen LogP contribution in [0.15, 0.2) is 9.59 Å². The van der Waals surface area contributed by atoms with Gasteiger partial charge in [-0.15, -0.1) is 0 Å². The van der Waals surface area contributed by atoms with Crippen molar-refractivity contribution in [3.63, 3.8) is 0 Å². The average molecular weight is 184 g/mol. The number of rotatable bonds is 1. The number of nitrogens with zero attached hydrogens (tertiary/aromatic N) is 2. The summed E-state index contributed by atoms with van der Waals surface area (Å²) in [5, 5.41) is 8.93. The third kappa shape index (κ3) is 1.31. The standard InChI is InChI=1S/C8H12N2O3/c1-5-6(4-11)9(2)8(13)10(3)7(5)12/h11H,4H2,1-3H3. The molecule has 0 fully saturated rings. The SMILES string of the molecule is Cc1c(CO)n(C)c(=O)n(C)c1=O. The molecule has 0 radical (unpaired) electrons. The molecule has 5 nitrogen and oxygen atoms in total. The molecule has 72 valence electrons. The second kappa shape index (κ2) is 3.18. The molecule has 0 aliphatic rings. The summed E-state index contributed by atoms with van der Waals surface area (Å²) in [6.45, 7) is 1.29. The molecule has 0 bridgehead atoms. The van der Waals surface area contributed by atoms with E-state index in [1.165, 1.54) is 18.7 Å². The van der Waals surface area contributed by atoms with Gasteiger partial charge in [-0.2, -0.15) is 0 Å². The zero-order valence-corrected chi connectivity index (χ0v) is 7.87. The van der Waals surface area contributed by atoms with Crippen LogP contribution in [0, 0.1) is 6.92 Å². The second-order valence-electron chi connectivity index (χ2n) is 2.94. The molecule has 0 aliphatic heterocycles. The third-order valence-electron chi connectivity index (χ3n) is 2.19. The molecule has 13 heavy (non-hydrogen) atoms. The summed E-state index contributed by atoms with van der Waals surface area (Å²) in [5.41, 5.74) is 0.00648. The van der Waals surface area contributed by atoms with Crippen molar-refractivity contribution in [1.29, 1.82) is 0 Å². The summed E-state index contributed by atoms with van der Waals surface area (Å²) in [7, 11) is 2.94. The Morgan fingerprint density at radius 1 is 1.23 bits per heavy atom. The van der Waals surface area contributed by atoms with Gasteiger partial charge < -0.3 is 5.11 Å². The zero-order chi connectivity index (χ0) is 10.2. The van der Waals surface area contributed by atoms with Crippen LogP contribution in [-0.2, 0) is 20.7 Å². The Hall–Kier alpha value is -1.36. The van der Waals surface area contributed by atoms with Gasteiger partial charge in [0, 0.05) is 19.7 Å². The van der Waals surface area contributed by atoms with E-state index in [1.807, 2.05) is 0 Å². The molecule has 0 unspecified atom stereocenters. The number of hydrogen-bond donors (Lipinski definition) is 1. The Morgan fingerprint density at radius 3 is 2.23 bits per heavy atom. The molecule has 0 atom stereocenters. The molecule has 0 spiro atoms. The fourth-order valence-corrected chi connectivity index (χ4v) is 1.28. The maximum Gasteiger partial charge on any atom is 0.330 e. The van der Waals surface area contributed by atoms with Crippen molar-refractivity contribution in [3.8, 4) is 0 Å². The quantitative estimate of drug-likeness (QED) is 0.601. The Kier molecular flexibility index (Phi) is 2.38. The molecule has 1 heterocycles. The van der Waals surface area contributed by atoms with Gasteiger partial charge in [0.1, 0.15) is 0 Å². The monoisotopic (exact) mass is 184 g/mol. The molecular formula is C8H12N2O3. The minimum atomic E-state index is -0.417. The van der Waals surface area contributed by atoms with Crippen molar-refractivity contribution in [1.82, 2.24) is 9.13 Å². The number of aliphatic hydroxyl groups excluding tert-OH is 1. The van der Waals surface area contributed by atoms with Gasteiger partial charge in [0.2, 0.25) is 0 Å². The van der Waals surface area contributed by atoms with Crippen LogP contribution in [0.5, 0.6) is 0 Å². The molecular weight excluding hydrogens is 172 g/mol. The summed E-state index contributed by atoms with van der Waals surface area (Å²) >= 11 is 0. The largest absolute Gasteiger partial charge is 0.390 e. The van der Waals surface area contributed by atoms with Crippen LogP contribution in [0.1, 0.15) is 11.3 Å². The lowest BCUT2D eigenvalue weighted by molar-refractivity contribution is 0.268. The Morgan fingerprint density at radius 2 is 1.77 bits per heavy atom. The predicted molar refractivity (Wildman–Crippen MR) is 47.6 cm³/mol. The van der Waals surface area contributed by atoms with Gasteiger partial charge in [-0.3, -0.25) is 13.9 Å². The molecule has 0 saturated carbocycles. The van der Waals surface area contributed by atoms with Gasteiger partial charge in [0.15, 0.2) is 0 Å². The zero-order valence-electron chi connectivity index (χ0n) is 7.87. The fourth-order valence-electron chi connectivity index (χ4n) is 1.28. The molecule has 1 aromatic heterocycles. The van der Waals surface area contributed by atoms with E-state index in [2.05, 4.69) is 0 Å². The van der Waals surface area contributed by atoms with Crippen molar-refractivity contribution in [3.05, 3.63) is 32.1 Å². The van der Waals surface area contributed by atoms with Crippen LogP contribution in [0.2, 0.25) is 0 Å². The van der Waals surface area contributed by atoms with E-state index in [0.717, 1.165) is 4.57 Å². The number of aliphatic hydroxyl groups is 1. The molecule has 1 aromatic rings. The molecule has 0 aliphatic carbocycles. The molecule has 0 amide bonds. The van der Waals surface area contributed by atoms with E-state index >= 15 is 0 Å². The van der Waals surface area contributed by atoms with Crippen LogP contribution in [0.4, 0.5) is 0 Å². The minimum absolute atomic E-state index is 0.298. The lowest BCUT2D eigenvalue weighted by Crippen LogP contribution is -2.40. The first-order valence-corrected chi connectivity index (χ1v) is 3.87. The van der Waals surface area contributed by atoms with Crippen molar-refractivity contribution in [2.45, 2.75) is 13.5 Å². The topological polar surface area (TPSA) is 64.2 Å². The molecule has 1 N–H and O–H groups in total. The van der Waals surface area contributed by atoms with Gasteiger partial charge >= 0.3 is 5.69 Å². The minimum Gasteiger partial charge on any atom is -0.390 e. The van der Waals surface area contributed by atoms with Gasteiger partial charge in [0.25, 0.3) is 5.56 Å². The van der Waals surface area contributed by atoms with Crippen LogP contribution in [0.25, 0.3) is 0 Å². The summed E-state index contributed by atoms with van der Waals surface area (Å²) in [5.74, 6) is 0. The molecule has 1 rings (SSSR count). The fraction of sp³-hybridized carbons (Fsp3) is 0.500. The first-order valence-electron chi connectivity index (χ1n) is 3.87. The van der Waals surface area contributed by atoms with Gasteiger partial charge in [-0.05, 0) is 6.92 Å². The van der Waals surface area contributed by atoms with E-state index in [0.29, 0.717) is 11.3 Å². The lowest BCUT2D eigenvalue weighted by Gasteiger charge is -2.09. The lowest BCUT2D eigenvalue weighted by atomic mass is 10.2. The highest BCUT2D eigenvalue weighted by Gasteiger charge is 2.09. The Labute approximate surface area is 74.9 Å². The van der Waals surface area contributed by atoms with Crippen molar-refractivity contribution < 1.29 is 5.11 Å². The van der Waals surface area contributed by atoms with E-state index in [9.17, 15) is 9.59 Å². The summed E-state index contributed by atoms with van der Waals surface area (Å²) in [4.78, 5) is 22.7. The number of aromatic nitrogens is 2. The van der Waals surface area contributed by atoms with E-state index in [1.54, 1.807) is 6.92 Å². The van der Waals surface area contributed by atoms with Gasteiger partial charge in [-0.1, -0.05) is 0 Å². The highest BCUT2D eigenvalue weighted by atomic mass is 16.3. The maximum absolute atomic E-state index is 11.4. The van der Waals surface area contributed by atoms with Gasteiger partial charge in [0.05, 0.1) is 12.3 Å². The average Bonchev–Trinajstić information content (AvgIpc) is 2.13. The third-order valence-corrected chi connectivity index (χ3v) is 2.19. The maximum atomic E-state index is 11.4. The molecule has 0 saturated heterocycles. The van der Waals surface area contributed by atoms with Crippen molar-refractivity contribution >= 4 is 0 Å². The van der Waals surface area contributed by atoms with Crippen LogP contribution >= 0.6 is 0 Å². The highest BCUT2D eigenvalue weighted by Crippen LogP contribution is 1.97. The van der Waals surface area contributed by atoms with Crippen molar-refractivity contribution in [2.24, 2.45) is 14.1 Å². The van der Waals surface area contributed by atoms with E-state index < -0.39 is 5.69 Å². The summed E-state index contributed by atoms with van der Waals surface area (Å²) < 4.78 is 2.30. The van der Waals surface area contributed by atoms with Crippen LogP contribution < -0.4 is 11.2 Å². The summed E-state index contributed by atoms with van der Waals surface area (Å²) in [6.07, 6.45) is 0. The Balaban J connectivity index is 3.78. The van der Waals surface area contributed by atoms with Crippen LogP contribution in [0.3, 0.4) is 0 Å². The highest BCUT2D eigenvalue weighted by molar-refractivity contribution is 5.15. The number of hydrogen-bond acceptors (Lipinski definition) is 3. The first-order chi connectivity index (χ1) is 6.00. The summed E-state index contributed by atoms with van der Waals surface area (Å²) in [6, 6.07) is 0. The predicted octanol–water partition coefficient (Wildman–Crippen LogP) is -1.12. The van der Waals surface area contributed by atoms with E-state index in [-0.39, 0.29) is 12.2 Å². The molecule has 0 aromatic carbocycles. The Bertz CT molecular complexity index is 405. The van der Waals surface area contributed by atoms with Crippen molar-refractivity contribution in [2.75, 3.05) is 0 Å². The van der Waals surface area contributed by atoms with Gasteiger partial charge in [-0.25, -0.2) is 4.79 Å². The first kappa shape index (κ1) is 9.73. The smallest absolute Gasteiger partial charge is 0.330 e. The second-order valence-corrected chi connectivity index (χ2v) is 2.94. The van der Waals surface area contributed by atoms with Crippen LogP contribution in [-0.4, -0.2) is 14.2 Å².